The van der Waals surface area contributed by atoms with Crippen molar-refractivity contribution in [1.82, 2.24) is 4.90 Å². The number of ether oxygens (including phenoxy) is 1. The van der Waals surface area contributed by atoms with Crippen LogP contribution in [0.4, 0.5) is 20.6 Å². The molecule has 0 radical (unpaired) electrons. The van der Waals surface area contributed by atoms with Crippen LogP contribution in [0.2, 0.25) is 0 Å². The summed E-state index contributed by atoms with van der Waals surface area (Å²) in [5, 5.41) is 5.56. The van der Waals surface area contributed by atoms with E-state index in [1.54, 1.807) is 54.6 Å². The molecule has 1 saturated heterocycles. The van der Waals surface area contributed by atoms with E-state index in [9.17, 15) is 18.8 Å². The average molecular weight is 524 g/mol. The second-order valence-corrected chi connectivity index (χ2v) is 9.31. The van der Waals surface area contributed by atoms with E-state index in [1.165, 1.54) is 23.1 Å². The average Bonchev–Trinajstić information content (AvgIpc) is 3.26. The van der Waals surface area contributed by atoms with Crippen molar-refractivity contribution in [1.29, 1.82) is 0 Å². The van der Waals surface area contributed by atoms with Gasteiger partial charge in [0.1, 0.15) is 5.82 Å². The van der Waals surface area contributed by atoms with Gasteiger partial charge in [-0.3, -0.25) is 14.5 Å². The minimum absolute atomic E-state index is 0.140. The number of hydrogen-bond donors (Lipinski definition) is 2. The van der Waals surface area contributed by atoms with Gasteiger partial charge in [0, 0.05) is 16.9 Å². The molecule has 2 atom stereocenters. The number of carbonyl (C=O) groups excluding carboxylic acids is 3. The number of benzene rings is 4. The first kappa shape index (κ1) is 25.7. The first-order chi connectivity index (χ1) is 18.9. The molecular weight excluding hydrogens is 497 g/mol. The van der Waals surface area contributed by atoms with Crippen LogP contribution >= 0.6 is 0 Å². The molecule has 0 aromatic heterocycles. The predicted octanol–water partition coefficient (Wildman–Crippen LogP) is 6.09. The summed E-state index contributed by atoms with van der Waals surface area (Å²) in [4.78, 5) is 40.7. The zero-order valence-electron chi connectivity index (χ0n) is 21.1. The van der Waals surface area contributed by atoms with Gasteiger partial charge < -0.3 is 15.4 Å². The van der Waals surface area contributed by atoms with Crippen molar-refractivity contribution in [2.45, 2.75) is 25.6 Å². The summed E-state index contributed by atoms with van der Waals surface area (Å²) in [6, 6.07) is 27.7. The Balaban J connectivity index is 1.44. The molecule has 196 valence electrons. The molecule has 5 rings (SSSR count). The van der Waals surface area contributed by atoms with Crippen LogP contribution in [0, 0.1) is 12.7 Å². The second kappa shape index (κ2) is 11.2. The largest absolute Gasteiger partial charge is 0.438 e. The Morgan fingerprint density at radius 2 is 1.54 bits per heavy atom. The molecule has 4 aromatic rings. The summed E-state index contributed by atoms with van der Waals surface area (Å²) >= 11 is 0. The highest BCUT2D eigenvalue weighted by atomic mass is 19.1. The minimum Gasteiger partial charge on any atom is -0.438 e. The van der Waals surface area contributed by atoms with Gasteiger partial charge in [-0.25, -0.2) is 9.18 Å². The van der Waals surface area contributed by atoms with E-state index in [4.69, 9.17) is 4.74 Å². The number of halogens is 1. The Kier molecular flexibility index (Phi) is 7.36. The van der Waals surface area contributed by atoms with Gasteiger partial charge in [-0.15, -0.1) is 0 Å². The van der Waals surface area contributed by atoms with Crippen LogP contribution in [-0.4, -0.2) is 28.8 Å². The zero-order chi connectivity index (χ0) is 27.4. The van der Waals surface area contributed by atoms with E-state index in [2.05, 4.69) is 10.6 Å². The molecule has 0 aliphatic carbocycles. The number of amides is 3. The maximum absolute atomic E-state index is 13.8. The molecule has 3 amide bonds. The number of nitrogens with one attached hydrogen (secondary N) is 2. The number of cyclic esters (lactones) is 1. The van der Waals surface area contributed by atoms with Crippen LogP contribution in [0.15, 0.2) is 103 Å². The Morgan fingerprint density at radius 3 is 2.26 bits per heavy atom. The fourth-order valence-electron chi connectivity index (χ4n) is 4.47. The standard InChI is InChI=1S/C31H26FN3O4/c1-20-13-15-21(16-14-20)19-35-27(30(37)34-26-12-6-10-24(32)18-26)28(39-31(35)38)23-9-5-11-25(17-23)33-29(36)22-7-3-2-4-8-22/h2-18,27-28H,19H2,1H3,(H,33,36)(H,34,37)/t27-,28-/m1/s1. The maximum Gasteiger partial charge on any atom is 0.411 e. The molecule has 1 fully saturated rings. The molecule has 0 bridgehead atoms. The smallest absolute Gasteiger partial charge is 0.411 e. The Hall–Kier alpha value is -4.98. The lowest BCUT2D eigenvalue weighted by molar-refractivity contribution is -0.121. The summed E-state index contributed by atoms with van der Waals surface area (Å²) in [7, 11) is 0. The molecule has 39 heavy (non-hydrogen) atoms. The van der Waals surface area contributed by atoms with Crippen molar-refractivity contribution in [2.75, 3.05) is 10.6 Å². The van der Waals surface area contributed by atoms with Gasteiger partial charge in [0.15, 0.2) is 12.1 Å². The Labute approximate surface area is 225 Å². The molecule has 1 aliphatic heterocycles. The fraction of sp³-hybridized carbons (Fsp3) is 0.129. The molecule has 0 spiro atoms. The third kappa shape index (κ3) is 5.96. The molecule has 0 unspecified atom stereocenters. The molecule has 1 aliphatic rings. The van der Waals surface area contributed by atoms with Gasteiger partial charge in [0.05, 0.1) is 6.54 Å². The number of nitrogens with zero attached hydrogens (tertiary/aromatic N) is 1. The van der Waals surface area contributed by atoms with Crippen LogP contribution in [0.25, 0.3) is 0 Å². The highest BCUT2D eigenvalue weighted by Gasteiger charge is 2.47. The number of aryl methyl sites for hydroxylation is 1. The molecule has 0 saturated carbocycles. The fourth-order valence-corrected chi connectivity index (χ4v) is 4.47. The van der Waals surface area contributed by atoms with Crippen LogP contribution in [-0.2, 0) is 16.1 Å². The summed E-state index contributed by atoms with van der Waals surface area (Å²) in [5.41, 5.74) is 3.66. The quantitative estimate of drug-likeness (QED) is 0.307. The first-order valence-electron chi connectivity index (χ1n) is 12.4. The van der Waals surface area contributed by atoms with Gasteiger partial charge in [-0.1, -0.05) is 66.2 Å². The van der Waals surface area contributed by atoms with Crippen molar-refractivity contribution >= 4 is 29.3 Å². The van der Waals surface area contributed by atoms with Crippen LogP contribution in [0.3, 0.4) is 0 Å². The van der Waals surface area contributed by atoms with E-state index in [-0.39, 0.29) is 18.1 Å². The number of carbonyl (C=O) groups is 3. The van der Waals surface area contributed by atoms with Crippen molar-refractivity contribution in [3.8, 4) is 0 Å². The first-order valence-corrected chi connectivity index (χ1v) is 12.4. The number of anilines is 2. The molecule has 1 heterocycles. The third-order valence-corrected chi connectivity index (χ3v) is 6.43. The van der Waals surface area contributed by atoms with Gasteiger partial charge in [0.25, 0.3) is 11.8 Å². The van der Waals surface area contributed by atoms with Crippen molar-refractivity contribution < 1.29 is 23.5 Å². The molecule has 7 nitrogen and oxygen atoms in total. The van der Waals surface area contributed by atoms with E-state index in [1.807, 2.05) is 37.3 Å². The highest BCUT2D eigenvalue weighted by Crippen LogP contribution is 2.35. The van der Waals surface area contributed by atoms with E-state index >= 15 is 0 Å². The molecule has 2 N–H and O–H groups in total. The lowest BCUT2D eigenvalue weighted by atomic mass is 9.99. The van der Waals surface area contributed by atoms with E-state index in [0.29, 0.717) is 16.8 Å². The van der Waals surface area contributed by atoms with Crippen LogP contribution in [0.1, 0.15) is 33.2 Å². The summed E-state index contributed by atoms with van der Waals surface area (Å²) in [6.07, 6.45) is -1.62. The monoisotopic (exact) mass is 523 g/mol. The van der Waals surface area contributed by atoms with Crippen molar-refractivity contribution in [2.24, 2.45) is 0 Å². The number of hydrogen-bond acceptors (Lipinski definition) is 4. The normalized spacial score (nSPS) is 16.5. The zero-order valence-corrected chi connectivity index (χ0v) is 21.1. The van der Waals surface area contributed by atoms with E-state index < -0.39 is 30.0 Å². The Morgan fingerprint density at radius 1 is 0.846 bits per heavy atom. The maximum atomic E-state index is 13.8. The summed E-state index contributed by atoms with van der Waals surface area (Å²) in [6.45, 7) is 2.10. The van der Waals surface area contributed by atoms with Crippen molar-refractivity contribution in [3.63, 3.8) is 0 Å². The molecule has 8 heteroatoms. The SMILES string of the molecule is Cc1ccc(CN2C(=O)O[C@H](c3cccc(NC(=O)c4ccccc4)c3)[C@@H]2C(=O)Nc2cccc(F)c2)cc1. The van der Waals surface area contributed by atoms with Gasteiger partial charge in [0.2, 0.25) is 0 Å². The second-order valence-electron chi connectivity index (χ2n) is 9.31. The minimum atomic E-state index is -1.05. The van der Waals surface area contributed by atoms with Gasteiger partial charge in [-0.05, 0) is 60.5 Å². The lowest BCUT2D eigenvalue weighted by Crippen LogP contribution is -2.43. The Bertz CT molecular complexity index is 1510. The van der Waals surface area contributed by atoms with Gasteiger partial charge >= 0.3 is 6.09 Å². The van der Waals surface area contributed by atoms with Gasteiger partial charge in [-0.2, -0.15) is 0 Å². The van der Waals surface area contributed by atoms with E-state index in [0.717, 1.165) is 11.1 Å². The highest BCUT2D eigenvalue weighted by molar-refractivity contribution is 6.04. The topological polar surface area (TPSA) is 87.7 Å². The number of rotatable bonds is 7. The molecule has 4 aromatic carbocycles. The van der Waals surface area contributed by atoms with Crippen molar-refractivity contribution in [3.05, 3.63) is 131 Å². The lowest BCUT2D eigenvalue weighted by Gasteiger charge is -2.24. The third-order valence-electron chi connectivity index (χ3n) is 6.43. The van der Waals surface area contributed by atoms with Crippen LogP contribution in [0.5, 0.6) is 0 Å². The summed E-state index contributed by atoms with van der Waals surface area (Å²) in [5.74, 6) is -1.32. The summed E-state index contributed by atoms with van der Waals surface area (Å²) < 4.78 is 19.5. The molecular formula is C31H26FN3O4. The van der Waals surface area contributed by atoms with Crippen LogP contribution < -0.4 is 10.6 Å². The predicted molar refractivity (Wildman–Crippen MR) is 146 cm³/mol.